The van der Waals surface area contributed by atoms with Gasteiger partial charge in [-0.2, -0.15) is 4.98 Å². The summed E-state index contributed by atoms with van der Waals surface area (Å²) in [7, 11) is 0. The van der Waals surface area contributed by atoms with E-state index in [1.54, 1.807) is 35.0 Å². The highest BCUT2D eigenvalue weighted by molar-refractivity contribution is 6.36. The summed E-state index contributed by atoms with van der Waals surface area (Å²) in [6.07, 6.45) is 0.612. The monoisotopic (exact) mass is 427 g/mol. The van der Waals surface area contributed by atoms with E-state index in [-0.39, 0.29) is 18.0 Å². The molecule has 0 aliphatic carbocycles. The lowest BCUT2D eigenvalue weighted by Crippen LogP contribution is -2.28. The minimum atomic E-state index is -0.242. The molecule has 5 nitrogen and oxygen atoms in total. The molecule has 2 atom stereocenters. The van der Waals surface area contributed by atoms with Crippen LogP contribution in [-0.2, 0) is 0 Å². The molecular weight excluding hydrogens is 416 g/mol. The van der Waals surface area contributed by atoms with Crippen LogP contribution >= 0.6 is 46.4 Å². The van der Waals surface area contributed by atoms with Gasteiger partial charge < -0.3 is 11.1 Å². The van der Waals surface area contributed by atoms with Crippen molar-refractivity contribution >= 4 is 58.3 Å². The summed E-state index contributed by atoms with van der Waals surface area (Å²) in [5.74, 6) is 0.703. The first-order valence-corrected chi connectivity index (χ1v) is 9.32. The summed E-state index contributed by atoms with van der Waals surface area (Å²) in [5.41, 5.74) is 7.49. The first kappa shape index (κ1) is 17.7. The Labute approximate surface area is 170 Å². The van der Waals surface area contributed by atoms with Gasteiger partial charge in [0.1, 0.15) is 0 Å². The molecule has 1 aliphatic rings. The fraction of sp³-hybridized carbons (Fsp3) is 0.176. The number of benzene rings is 2. The van der Waals surface area contributed by atoms with Crippen LogP contribution in [0.4, 0.5) is 11.9 Å². The van der Waals surface area contributed by atoms with Crippen molar-refractivity contribution in [3.05, 3.63) is 67.6 Å². The molecule has 26 heavy (non-hydrogen) atoms. The van der Waals surface area contributed by atoms with E-state index in [4.69, 9.17) is 52.1 Å². The third-order valence-electron chi connectivity index (χ3n) is 4.38. The predicted molar refractivity (Wildman–Crippen MR) is 106 cm³/mol. The Balaban J connectivity index is 1.83. The number of halogens is 4. The van der Waals surface area contributed by atoms with Crippen LogP contribution in [0.3, 0.4) is 0 Å². The number of aromatic nitrogens is 3. The second kappa shape index (κ2) is 6.82. The minimum absolute atomic E-state index is 0.131. The minimum Gasteiger partial charge on any atom is -0.366 e. The topological polar surface area (TPSA) is 68.8 Å². The Kier molecular flexibility index (Phi) is 4.65. The van der Waals surface area contributed by atoms with Gasteiger partial charge in [-0.1, -0.05) is 58.5 Å². The molecule has 0 unspecified atom stereocenters. The maximum Gasteiger partial charge on any atom is 0.241 e. The molecule has 4 rings (SSSR count). The van der Waals surface area contributed by atoms with Gasteiger partial charge in [0.15, 0.2) is 0 Å². The van der Waals surface area contributed by atoms with Crippen LogP contribution in [0.5, 0.6) is 0 Å². The first-order valence-electron chi connectivity index (χ1n) is 7.81. The Hall–Kier alpha value is -1.66. The molecule has 0 amide bonds. The molecule has 1 aliphatic heterocycles. The lowest BCUT2D eigenvalue weighted by Gasteiger charge is -2.32. The van der Waals surface area contributed by atoms with Gasteiger partial charge in [-0.3, -0.25) is 0 Å². The zero-order valence-electron chi connectivity index (χ0n) is 13.3. The predicted octanol–water partition coefficient (Wildman–Crippen LogP) is 5.62. The highest BCUT2D eigenvalue weighted by atomic mass is 35.5. The van der Waals surface area contributed by atoms with Crippen LogP contribution in [0, 0.1) is 0 Å². The van der Waals surface area contributed by atoms with Crippen molar-refractivity contribution in [2.75, 3.05) is 11.1 Å². The smallest absolute Gasteiger partial charge is 0.241 e. The highest BCUT2D eigenvalue weighted by Gasteiger charge is 2.33. The van der Waals surface area contributed by atoms with E-state index < -0.39 is 0 Å². The van der Waals surface area contributed by atoms with E-state index in [0.717, 1.165) is 11.1 Å². The van der Waals surface area contributed by atoms with E-state index >= 15 is 0 Å². The van der Waals surface area contributed by atoms with Crippen LogP contribution in [0.1, 0.15) is 29.6 Å². The van der Waals surface area contributed by atoms with Gasteiger partial charge in [0, 0.05) is 25.7 Å². The van der Waals surface area contributed by atoms with Crippen LogP contribution in [0.2, 0.25) is 20.1 Å². The number of nitrogens with zero attached hydrogens (tertiary/aromatic N) is 3. The normalized spacial score (nSPS) is 19.1. The molecule has 3 N–H and O–H groups in total. The van der Waals surface area contributed by atoms with Gasteiger partial charge >= 0.3 is 0 Å². The summed E-state index contributed by atoms with van der Waals surface area (Å²) >= 11 is 25.3. The number of rotatable bonds is 2. The summed E-state index contributed by atoms with van der Waals surface area (Å²) < 4.78 is 1.71. The van der Waals surface area contributed by atoms with Crippen molar-refractivity contribution in [2.45, 2.75) is 18.5 Å². The van der Waals surface area contributed by atoms with Crippen LogP contribution in [0.15, 0.2) is 36.4 Å². The van der Waals surface area contributed by atoms with Crippen LogP contribution in [-0.4, -0.2) is 14.8 Å². The largest absolute Gasteiger partial charge is 0.366 e. The molecule has 2 heterocycles. The van der Waals surface area contributed by atoms with Crippen LogP contribution in [0.25, 0.3) is 0 Å². The Bertz CT molecular complexity index is 967. The number of hydrogen-bond donors (Lipinski definition) is 2. The van der Waals surface area contributed by atoms with Crippen molar-refractivity contribution < 1.29 is 0 Å². The van der Waals surface area contributed by atoms with Gasteiger partial charge in [-0.05, 0) is 36.2 Å². The third-order valence-corrected chi connectivity index (χ3v) is 5.60. The molecule has 0 bridgehead atoms. The standard InChI is InChI=1S/C17H13Cl4N5/c18-8-4-5-9(12(21)6-8)13-7-14(15-10(19)2-1-3-11(15)20)26-17(23-13)24-16(22)25-26/h1-6,13-14H,7H2,(H3,22,23,24,25)/t13-,14-/m0/s1. The van der Waals surface area contributed by atoms with E-state index in [1.165, 1.54) is 0 Å². The zero-order chi connectivity index (χ0) is 18.4. The Morgan fingerprint density at radius 3 is 2.46 bits per heavy atom. The number of fused-ring (bicyclic) bond motifs is 1. The lowest BCUT2D eigenvalue weighted by atomic mass is 9.93. The molecular formula is C17H13Cl4N5. The van der Waals surface area contributed by atoms with Crippen molar-refractivity contribution in [1.29, 1.82) is 0 Å². The average Bonchev–Trinajstić information content (AvgIpc) is 2.94. The molecule has 3 aromatic rings. The summed E-state index contributed by atoms with van der Waals surface area (Å²) in [6, 6.07) is 10.4. The Morgan fingerprint density at radius 1 is 1.04 bits per heavy atom. The van der Waals surface area contributed by atoms with Gasteiger partial charge in [0.2, 0.25) is 11.9 Å². The van der Waals surface area contributed by atoms with E-state index in [1.807, 2.05) is 6.07 Å². The van der Waals surface area contributed by atoms with Crippen molar-refractivity contribution in [3.8, 4) is 0 Å². The first-order chi connectivity index (χ1) is 12.4. The van der Waals surface area contributed by atoms with Gasteiger partial charge in [0.25, 0.3) is 0 Å². The van der Waals surface area contributed by atoms with E-state index in [2.05, 4.69) is 15.4 Å². The number of anilines is 2. The molecule has 134 valence electrons. The third kappa shape index (κ3) is 3.09. The molecule has 0 radical (unpaired) electrons. The van der Waals surface area contributed by atoms with Gasteiger partial charge in [-0.15, -0.1) is 5.10 Å². The van der Waals surface area contributed by atoms with Crippen LogP contribution < -0.4 is 11.1 Å². The highest BCUT2D eigenvalue weighted by Crippen LogP contribution is 2.44. The summed E-state index contributed by atoms with van der Waals surface area (Å²) in [5, 5.41) is 9.90. The number of nitrogens with one attached hydrogen (secondary N) is 1. The lowest BCUT2D eigenvalue weighted by molar-refractivity contribution is 0.432. The van der Waals surface area contributed by atoms with Crippen molar-refractivity contribution in [2.24, 2.45) is 0 Å². The maximum atomic E-state index is 6.44. The quantitative estimate of drug-likeness (QED) is 0.555. The SMILES string of the molecule is Nc1nc2n(n1)[C@H](c1c(Cl)cccc1Cl)C[C@@H](c1ccc(Cl)cc1Cl)N2. The van der Waals surface area contributed by atoms with E-state index in [0.29, 0.717) is 32.5 Å². The Morgan fingerprint density at radius 2 is 1.77 bits per heavy atom. The molecule has 2 aromatic carbocycles. The molecule has 9 heteroatoms. The summed E-state index contributed by atoms with van der Waals surface area (Å²) in [6.45, 7) is 0. The number of nitrogen functional groups attached to an aromatic ring is 1. The molecule has 0 saturated carbocycles. The molecule has 1 aromatic heterocycles. The van der Waals surface area contributed by atoms with Crippen molar-refractivity contribution in [1.82, 2.24) is 14.8 Å². The fourth-order valence-electron chi connectivity index (χ4n) is 3.25. The second-order valence-corrected chi connectivity index (χ2v) is 7.65. The maximum absolute atomic E-state index is 6.44. The van der Waals surface area contributed by atoms with Gasteiger partial charge in [0.05, 0.1) is 12.1 Å². The fourth-order valence-corrected chi connectivity index (χ4v) is 4.44. The number of hydrogen-bond acceptors (Lipinski definition) is 4. The summed E-state index contributed by atoms with van der Waals surface area (Å²) in [4.78, 5) is 4.27. The molecule has 0 saturated heterocycles. The number of nitrogens with two attached hydrogens (primary N) is 1. The molecule has 0 spiro atoms. The zero-order valence-corrected chi connectivity index (χ0v) is 16.3. The average molecular weight is 429 g/mol. The van der Waals surface area contributed by atoms with Crippen molar-refractivity contribution in [3.63, 3.8) is 0 Å². The molecule has 0 fully saturated rings. The van der Waals surface area contributed by atoms with E-state index in [9.17, 15) is 0 Å². The second-order valence-electron chi connectivity index (χ2n) is 5.99. The van der Waals surface area contributed by atoms with Gasteiger partial charge in [-0.25, -0.2) is 4.68 Å².